The minimum absolute atomic E-state index is 0.278. The fourth-order valence-corrected chi connectivity index (χ4v) is 2.38. The number of hydrogen-bond donors (Lipinski definition) is 0. The molecule has 0 aromatic heterocycles. The normalized spacial score (nSPS) is 21.8. The summed E-state index contributed by atoms with van der Waals surface area (Å²) in [6.07, 6.45) is 0. The van der Waals surface area contributed by atoms with Crippen molar-refractivity contribution in [1.82, 2.24) is 9.80 Å². The van der Waals surface area contributed by atoms with Gasteiger partial charge in [0.1, 0.15) is 5.82 Å². The molecule has 1 aliphatic heterocycles. The van der Waals surface area contributed by atoms with E-state index >= 15 is 0 Å². The van der Waals surface area contributed by atoms with Crippen molar-refractivity contribution in [3.8, 4) is 6.07 Å². The van der Waals surface area contributed by atoms with Gasteiger partial charge in [0, 0.05) is 37.8 Å². The molecule has 96 valence electrons. The summed E-state index contributed by atoms with van der Waals surface area (Å²) in [6.45, 7) is 5.76. The van der Waals surface area contributed by atoms with Crippen molar-refractivity contribution in [2.45, 2.75) is 19.5 Å². The van der Waals surface area contributed by atoms with Gasteiger partial charge in [0.2, 0.25) is 0 Å². The van der Waals surface area contributed by atoms with E-state index in [-0.39, 0.29) is 5.82 Å². The topological polar surface area (TPSA) is 30.3 Å². The number of piperazine rings is 1. The Morgan fingerprint density at radius 1 is 1.44 bits per heavy atom. The Labute approximate surface area is 107 Å². The zero-order chi connectivity index (χ0) is 13.1. The van der Waals surface area contributed by atoms with E-state index in [0.29, 0.717) is 23.7 Å². The minimum Gasteiger partial charge on any atom is -0.304 e. The molecule has 1 aliphatic rings. The lowest BCUT2D eigenvalue weighted by Crippen LogP contribution is -2.49. The Kier molecular flexibility index (Phi) is 3.95. The van der Waals surface area contributed by atoms with Crippen LogP contribution in [0.3, 0.4) is 0 Å². The van der Waals surface area contributed by atoms with Crippen LogP contribution in [-0.2, 0) is 6.54 Å². The van der Waals surface area contributed by atoms with E-state index in [1.807, 2.05) is 6.07 Å². The standard InChI is InChI=1S/C14H18FN3/c1-11-9-17(2)5-6-18(11)10-13-4-3-12(8-16)7-14(13)15/h3-4,7,11H,5-6,9-10H2,1-2H3. The first kappa shape index (κ1) is 13.0. The predicted octanol–water partition coefficient (Wildman–Crippen LogP) is 1.83. The van der Waals surface area contributed by atoms with Gasteiger partial charge in [-0.15, -0.1) is 0 Å². The van der Waals surface area contributed by atoms with E-state index in [4.69, 9.17) is 5.26 Å². The van der Waals surface area contributed by atoms with Crippen molar-refractivity contribution < 1.29 is 4.39 Å². The van der Waals surface area contributed by atoms with Crippen molar-refractivity contribution in [3.63, 3.8) is 0 Å². The maximum absolute atomic E-state index is 13.8. The van der Waals surface area contributed by atoms with Crippen LogP contribution < -0.4 is 0 Å². The van der Waals surface area contributed by atoms with Gasteiger partial charge >= 0.3 is 0 Å². The molecule has 0 N–H and O–H groups in total. The molecule has 4 heteroatoms. The van der Waals surface area contributed by atoms with E-state index in [1.165, 1.54) is 6.07 Å². The first-order valence-electron chi connectivity index (χ1n) is 6.21. The summed E-state index contributed by atoms with van der Waals surface area (Å²) in [7, 11) is 2.11. The van der Waals surface area contributed by atoms with E-state index in [9.17, 15) is 4.39 Å². The summed E-state index contributed by atoms with van der Waals surface area (Å²) in [4.78, 5) is 4.57. The zero-order valence-electron chi connectivity index (χ0n) is 10.9. The second-order valence-corrected chi connectivity index (χ2v) is 5.00. The summed E-state index contributed by atoms with van der Waals surface area (Å²) in [5.74, 6) is -0.278. The van der Waals surface area contributed by atoms with Crippen LogP contribution in [0, 0.1) is 17.1 Å². The van der Waals surface area contributed by atoms with Crippen LogP contribution >= 0.6 is 0 Å². The molecular formula is C14H18FN3. The molecule has 1 unspecified atom stereocenters. The van der Waals surface area contributed by atoms with Crippen LogP contribution in [0.15, 0.2) is 18.2 Å². The van der Waals surface area contributed by atoms with E-state index in [2.05, 4.69) is 23.8 Å². The van der Waals surface area contributed by atoms with Crippen LogP contribution in [0.2, 0.25) is 0 Å². The average molecular weight is 247 g/mol. The highest BCUT2D eigenvalue weighted by molar-refractivity contribution is 5.32. The lowest BCUT2D eigenvalue weighted by molar-refractivity contribution is 0.0928. The fraction of sp³-hybridized carbons (Fsp3) is 0.500. The van der Waals surface area contributed by atoms with E-state index < -0.39 is 0 Å². The van der Waals surface area contributed by atoms with Crippen LogP contribution in [0.4, 0.5) is 4.39 Å². The van der Waals surface area contributed by atoms with Gasteiger partial charge in [-0.3, -0.25) is 4.90 Å². The quantitative estimate of drug-likeness (QED) is 0.798. The molecule has 1 aromatic carbocycles. The molecule has 0 saturated carbocycles. The summed E-state index contributed by atoms with van der Waals surface area (Å²) in [6, 6.07) is 7.10. The highest BCUT2D eigenvalue weighted by atomic mass is 19.1. The summed E-state index contributed by atoms with van der Waals surface area (Å²) in [5.41, 5.74) is 1.05. The highest BCUT2D eigenvalue weighted by Crippen LogP contribution is 2.16. The van der Waals surface area contributed by atoms with Gasteiger partial charge in [0.05, 0.1) is 11.6 Å². The van der Waals surface area contributed by atoms with Crippen molar-refractivity contribution >= 4 is 0 Å². The molecule has 18 heavy (non-hydrogen) atoms. The Bertz CT molecular complexity index is 467. The number of nitriles is 1. The van der Waals surface area contributed by atoms with Gasteiger partial charge in [0.25, 0.3) is 0 Å². The number of hydrogen-bond acceptors (Lipinski definition) is 3. The van der Waals surface area contributed by atoms with Crippen LogP contribution in [0.5, 0.6) is 0 Å². The maximum atomic E-state index is 13.8. The third-order valence-electron chi connectivity index (χ3n) is 3.52. The van der Waals surface area contributed by atoms with Gasteiger partial charge < -0.3 is 4.90 Å². The molecule has 1 fully saturated rings. The van der Waals surface area contributed by atoms with Crippen LogP contribution in [0.1, 0.15) is 18.1 Å². The first-order chi connectivity index (χ1) is 8.60. The fourth-order valence-electron chi connectivity index (χ4n) is 2.38. The van der Waals surface area contributed by atoms with Gasteiger partial charge in [-0.2, -0.15) is 5.26 Å². The van der Waals surface area contributed by atoms with Gasteiger partial charge in [-0.05, 0) is 26.1 Å². The van der Waals surface area contributed by atoms with Crippen molar-refractivity contribution in [2.75, 3.05) is 26.7 Å². The van der Waals surface area contributed by atoms with Crippen LogP contribution in [0.25, 0.3) is 0 Å². The largest absolute Gasteiger partial charge is 0.304 e. The van der Waals surface area contributed by atoms with Crippen molar-refractivity contribution in [3.05, 3.63) is 35.1 Å². The van der Waals surface area contributed by atoms with E-state index in [0.717, 1.165) is 19.6 Å². The monoisotopic (exact) mass is 247 g/mol. The number of rotatable bonds is 2. The van der Waals surface area contributed by atoms with Gasteiger partial charge in [0.15, 0.2) is 0 Å². The van der Waals surface area contributed by atoms with Gasteiger partial charge in [-0.25, -0.2) is 4.39 Å². The molecule has 1 aromatic rings. The maximum Gasteiger partial charge on any atom is 0.129 e. The molecule has 0 amide bonds. The Hall–Kier alpha value is -1.44. The molecule has 0 spiro atoms. The number of nitrogens with zero attached hydrogens (tertiary/aromatic N) is 3. The Morgan fingerprint density at radius 3 is 2.83 bits per heavy atom. The molecule has 3 nitrogen and oxygen atoms in total. The van der Waals surface area contributed by atoms with Gasteiger partial charge in [-0.1, -0.05) is 6.07 Å². The lowest BCUT2D eigenvalue weighted by atomic mass is 10.1. The smallest absolute Gasteiger partial charge is 0.129 e. The van der Waals surface area contributed by atoms with E-state index in [1.54, 1.807) is 12.1 Å². The SMILES string of the molecule is CC1CN(C)CCN1Cc1ccc(C#N)cc1F. The first-order valence-corrected chi connectivity index (χ1v) is 6.21. The molecule has 1 atom stereocenters. The molecule has 0 radical (unpaired) electrons. The number of benzene rings is 1. The third kappa shape index (κ3) is 2.87. The third-order valence-corrected chi connectivity index (χ3v) is 3.52. The number of halogens is 1. The van der Waals surface area contributed by atoms with Crippen molar-refractivity contribution in [1.29, 1.82) is 5.26 Å². The predicted molar refractivity (Wildman–Crippen MR) is 68.5 cm³/mol. The molecule has 0 aliphatic carbocycles. The summed E-state index contributed by atoms with van der Waals surface area (Å²) in [5, 5.41) is 8.71. The summed E-state index contributed by atoms with van der Waals surface area (Å²) >= 11 is 0. The highest BCUT2D eigenvalue weighted by Gasteiger charge is 2.22. The molecule has 1 saturated heterocycles. The zero-order valence-corrected chi connectivity index (χ0v) is 10.9. The lowest BCUT2D eigenvalue weighted by Gasteiger charge is -2.38. The Morgan fingerprint density at radius 2 is 2.22 bits per heavy atom. The number of likely N-dealkylation sites (N-methyl/N-ethyl adjacent to an activating group) is 1. The molecular weight excluding hydrogens is 229 g/mol. The second-order valence-electron chi connectivity index (χ2n) is 5.00. The molecule has 0 bridgehead atoms. The average Bonchev–Trinajstić information content (AvgIpc) is 2.34. The Balaban J connectivity index is 2.08. The second kappa shape index (κ2) is 5.47. The van der Waals surface area contributed by atoms with Crippen LogP contribution in [-0.4, -0.2) is 42.5 Å². The van der Waals surface area contributed by atoms with Crippen molar-refractivity contribution in [2.24, 2.45) is 0 Å². The summed E-state index contributed by atoms with van der Waals surface area (Å²) < 4.78 is 13.8. The minimum atomic E-state index is -0.278. The molecule has 1 heterocycles. The molecule has 2 rings (SSSR count).